The van der Waals surface area contributed by atoms with Crippen LogP contribution in [-0.2, 0) is 0 Å². The molecule has 3 N–H and O–H groups in total. The molecule has 0 saturated heterocycles. The Balaban J connectivity index is 2.31. The third kappa shape index (κ3) is 2.57. The van der Waals surface area contributed by atoms with Crippen molar-refractivity contribution in [2.45, 2.75) is 0 Å². The highest BCUT2D eigenvalue weighted by atomic mass is 35.5. The van der Waals surface area contributed by atoms with Gasteiger partial charge in [-0.25, -0.2) is 14.4 Å². The maximum Gasteiger partial charge on any atom is 0.158 e. The fraction of sp³-hybridized carbons (Fsp3) is 0. The summed E-state index contributed by atoms with van der Waals surface area (Å²) in [5.41, 5.74) is 6.44. The number of halogens is 3. The number of hydrogen-bond acceptors (Lipinski definition) is 4. The van der Waals surface area contributed by atoms with Crippen molar-refractivity contribution in [3.05, 3.63) is 40.5 Å². The van der Waals surface area contributed by atoms with Crippen molar-refractivity contribution in [2.75, 3.05) is 11.1 Å². The highest BCUT2D eigenvalue weighted by molar-refractivity contribution is 6.32. The molecule has 88 valence electrons. The number of benzene rings is 1. The van der Waals surface area contributed by atoms with Crippen molar-refractivity contribution < 1.29 is 4.39 Å². The number of nitrogens with one attached hydrogen (secondary N) is 1. The van der Waals surface area contributed by atoms with E-state index in [4.69, 9.17) is 28.9 Å². The van der Waals surface area contributed by atoms with Gasteiger partial charge in [-0.15, -0.1) is 0 Å². The molecule has 1 aromatic heterocycles. The van der Waals surface area contributed by atoms with E-state index in [0.29, 0.717) is 11.5 Å². The molecule has 0 atom stereocenters. The second kappa shape index (κ2) is 4.73. The molecule has 0 bridgehead atoms. The Morgan fingerprint density at radius 1 is 1.24 bits per heavy atom. The summed E-state index contributed by atoms with van der Waals surface area (Å²) in [6, 6.07) is 4.17. The summed E-state index contributed by atoms with van der Waals surface area (Å²) in [5, 5.41) is 3.03. The van der Waals surface area contributed by atoms with Gasteiger partial charge in [0, 0.05) is 5.69 Å². The SMILES string of the molecule is Nc1c(Cl)ncnc1Nc1ccc(F)c(Cl)c1. The van der Waals surface area contributed by atoms with E-state index < -0.39 is 5.82 Å². The van der Waals surface area contributed by atoms with E-state index >= 15 is 0 Å². The minimum Gasteiger partial charge on any atom is -0.393 e. The lowest BCUT2D eigenvalue weighted by atomic mass is 10.3. The van der Waals surface area contributed by atoms with Gasteiger partial charge in [-0.1, -0.05) is 23.2 Å². The van der Waals surface area contributed by atoms with Crippen molar-refractivity contribution in [3.8, 4) is 0 Å². The Hall–Kier alpha value is -1.59. The fourth-order valence-corrected chi connectivity index (χ4v) is 1.50. The monoisotopic (exact) mass is 272 g/mol. The molecule has 17 heavy (non-hydrogen) atoms. The number of nitrogens with two attached hydrogens (primary N) is 1. The van der Waals surface area contributed by atoms with Gasteiger partial charge in [0.1, 0.15) is 17.8 Å². The molecule has 0 aliphatic rings. The largest absolute Gasteiger partial charge is 0.393 e. The second-order valence-electron chi connectivity index (χ2n) is 3.18. The molecule has 4 nitrogen and oxygen atoms in total. The molecule has 0 aliphatic heterocycles. The molecule has 0 unspecified atom stereocenters. The molecule has 0 aliphatic carbocycles. The maximum atomic E-state index is 12.9. The first-order chi connectivity index (χ1) is 8.08. The lowest BCUT2D eigenvalue weighted by Crippen LogP contribution is -2.01. The van der Waals surface area contributed by atoms with Crippen molar-refractivity contribution in [2.24, 2.45) is 0 Å². The van der Waals surface area contributed by atoms with Gasteiger partial charge < -0.3 is 11.1 Å². The predicted molar refractivity (Wildman–Crippen MR) is 66.1 cm³/mol. The van der Waals surface area contributed by atoms with Crippen molar-refractivity contribution >= 4 is 40.4 Å². The summed E-state index contributed by atoms with van der Waals surface area (Å²) in [6.07, 6.45) is 1.27. The Bertz CT molecular complexity index is 562. The van der Waals surface area contributed by atoms with Gasteiger partial charge in [0.05, 0.1) is 5.02 Å². The van der Waals surface area contributed by atoms with Crippen LogP contribution in [0, 0.1) is 5.82 Å². The van der Waals surface area contributed by atoms with Crippen LogP contribution in [0.3, 0.4) is 0 Å². The summed E-state index contributed by atoms with van der Waals surface area (Å²) in [4.78, 5) is 7.63. The number of hydrogen-bond donors (Lipinski definition) is 2. The second-order valence-corrected chi connectivity index (χ2v) is 3.95. The molecule has 2 rings (SSSR count). The van der Waals surface area contributed by atoms with Crippen LogP contribution in [0.15, 0.2) is 24.5 Å². The minimum absolute atomic E-state index is 0.00808. The summed E-state index contributed by atoms with van der Waals surface area (Å²) in [7, 11) is 0. The molecule has 0 fully saturated rings. The molecule has 1 aromatic carbocycles. The van der Waals surface area contributed by atoms with E-state index in [1.54, 1.807) is 0 Å². The van der Waals surface area contributed by atoms with Crippen LogP contribution in [0.2, 0.25) is 10.2 Å². The van der Waals surface area contributed by atoms with Crippen molar-refractivity contribution in [3.63, 3.8) is 0 Å². The Labute approximate surface area is 107 Å². The Morgan fingerprint density at radius 2 is 2.00 bits per heavy atom. The van der Waals surface area contributed by atoms with Crippen LogP contribution in [0.4, 0.5) is 21.6 Å². The zero-order valence-electron chi connectivity index (χ0n) is 8.42. The van der Waals surface area contributed by atoms with Crippen LogP contribution in [0.1, 0.15) is 0 Å². The number of rotatable bonds is 2. The van der Waals surface area contributed by atoms with Gasteiger partial charge in [0.15, 0.2) is 11.0 Å². The van der Waals surface area contributed by atoms with E-state index in [1.165, 1.54) is 24.5 Å². The number of anilines is 3. The highest BCUT2D eigenvalue weighted by Crippen LogP contribution is 2.27. The van der Waals surface area contributed by atoms with Crippen LogP contribution < -0.4 is 11.1 Å². The Kier molecular flexibility index (Phi) is 3.31. The van der Waals surface area contributed by atoms with Gasteiger partial charge >= 0.3 is 0 Å². The van der Waals surface area contributed by atoms with Crippen LogP contribution in [0.5, 0.6) is 0 Å². The van der Waals surface area contributed by atoms with Gasteiger partial charge in [-0.05, 0) is 18.2 Å². The summed E-state index contributed by atoms with van der Waals surface area (Å²) in [6.45, 7) is 0. The standard InChI is InChI=1S/C10H7Cl2FN4/c11-6-3-5(1-2-7(6)13)17-10-8(14)9(12)15-4-16-10/h1-4H,14H2,(H,15,16,17). The molecule has 0 saturated carbocycles. The third-order valence-corrected chi connectivity index (χ3v) is 2.61. The van der Waals surface area contributed by atoms with Crippen LogP contribution in [-0.4, -0.2) is 9.97 Å². The fourth-order valence-electron chi connectivity index (χ4n) is 1.18. The topological polar surface area (TPSA) is 63.8 Å². The maximum absolute atomic E-state index is 12.9. The summed E-state index contributed by atoms with van der Waals surface area (Å²) in [5.74, 6) is -0.154. The average molecular weight is 273 g/mol. The molecule has 0 radical (unpaired) electrons. The quantitative estimate of drug-likeness (QED) is 0.824. The van der Waals surface area contributed by atoms with Gasteiger partial charge in [0.25, 0.3) is 0 Å². The van der Waals surface area contributed by atoms with Crippen molar-refractivity contribution in [1.29, 1.82) is 0 Å². The molecular weight excluding hydrogens is 266 g/mol. The number of nitrogens with zero attached hydrogens (tertiary/aromatic N) is 2. The molecule has 1 heterocycles. The molecule has 0 amide bonds. The minimum atomic E-state index is -0.495. The lowest BCUT2D eigenvalue weighted by molar-refractivity contribution is 0.628. The Morgan fingerprint density at radius 3 is 2.71 bits per heavy atom. The first-order valence-corrected chi connectivity index (χ1v) is 5.31. The smallest absolute Gasteiger partial charge is 0.158 e. The molecule has 2 aromatic rings. The normalized spacial score (nSPS) is 10.3. The number of aromatic nitrogens is 2. The van der Waals surface area contributed by atoms with E-state index in [-0.39, 0.29) is 15.9 Å². The summed E-state index contributed by atoms with van der Waals surface area (Å²) < 4.78 is 12.9. The van der Waals surface area contributed by atoms with E-state index in [1.807, 2.05) is 0 Å². The lowest BCUT2D eigenvalue weighted by Gasteiger charge is -2.08. The van der Waals surface area contributed by atoms with Crippen LogP contribution >= 0.6 is 23.2 Å². The predicted octanol–water partition coefficient (Wildman–Crippen LogP) is 3.25. The van der Waals surface area contributed by atoms with E-state index in [0.717, 1.165) is 0 Å². The highest BCUT2D eigenvalue weighted by Gasteiger charge is 2.07. The van der Waals surface area contributed by atoms with Gasteiger partial charge in [-0.2, -0.15) is 0 Å². The number of nitrogen functional groups attached to an aromatic ring is 1. The van der Waals surface area contributed by atoms with Gasteiger partial charge in [0.2, 0.25) is 0 Å². The van der Waals surface area contributed by atoms with E-state index in [9.17, 15) is 4.39 Å². The average Bonchev–Trinajstić information content (AvgIpc) is 2.30. The van der Waals surface area contributed by atoms with Crippen LogP contribution in [0.25, 0.3) is 0 Å². The van der Waals surface area contributed by atoms with Crippen molar-refractivity contribution in [1.82, 2.24) is 9.97 Å². The summed E-state index contributed by atoms with van der Waals surface area (Å²) >= 11 is 11.4. The first kappa shape index (κ1) is 11.9. The first-order valence-electron chi connectivity index (χ1n) is 4.56. The zero-order chi connectivity index (χ0) is 12.4. The molecule has 0 spiro atoms. The molecular formula is C10H7Cl2FN4. The van der Waals surface area contributed by atoms with E-state index in [2.05, 4.69) is 15.3 Å². The zero-order valence-corrected chi connectivity index (χ0v) is 9.93. The molecule has 7 heteroatoms. The third-order valence-electron chi connectivity index (χ3n) is 2.02. The van der Waals surface area contributed by atoms with Gasteiger partial charge in [-0.3, -0.25) is 0 Å².